The first-order valence-electron chi connectivity index (χ1n) is 7.32. The first-order valence-corrected chi connectivity index (χ1v) is 7.32. The molecule has 0 aliphatic heterocycles. The summed E-state index contributed by atoms with van der Waals surface area (Å²) in [4.78, 5) is 12.0. The molecule has 19 heavy (non-hydrogen) atoms. The molecule has 1 unspecified atom stereocenters. The molecule has 1 aliphatic carbocycles. The summed E-state index contributed by atoms with van der Waals surface area (Å²) in [7, 11) is 0. The summed E-state index contributed by atoms with van der Waals surface area (Å²) in [5, 5.41) is 2.28. The average molecular weight is 256 g/mol. The van der Waals surface area contributed by atoms with Gasteiger partial charge in [-0.15, -0.1) is 0 Å². The molecule has 1 aliphatic rings. The number of fused-ring (bicyclic) bond motifs is 3. The number of Topliss-reactive ketones (excluding diaryl/α,β-unsaturated/α-hetero) is 1. The third kappa shape index (κ3) is 2.86. The van der Waals surface area contributed by atoms with Gasteiger partial charge >= 0.3 is 0 Å². The minimum atomic E-state index is 0.158. The Morgan fingerprint density at radius 1 is 0.947 bits per heavy atom. The Hall–Kier alpha value is -1.63. The smallest absolute Gasteiger partial charge is 0.166 e. The SMILES string of the molecule is CC.CC.CC1Cc2ccc3ccccc3c2C1=O. The monoisotopic (exact) mass is 256 g/mol. The summed E-state index contributed by atoms with van der Waals surface area (Å²) in [6.45, 7) is 10.0. The standard InChI is InChI=1S/C14H12O.2C2H6/c1-9-8-11-7-6-10-4-2-3-5-12(10)13(11)14(9)15;2*1-2/h2-7,9H,8H2,1H3;2*1-2H3. The second-order valence-electron chi connectivity index (χ2n) is 4.29. The van der Waals surface area contributed by atoms with Gasteiger partial charge in [0.25, 0.3) is 0 Å². The van der Waals surface area contributed by atoms with Crippen molar-refractivity contribution >= 4 is 16.6 Å². The molecule has 102 valence electrons. The Bertz CT molecular complexity index is 555. The van der Waals surface area contributed by atoms with Crippen molar-refractivity contribution in [3.05, 3.63) is 47.5 Å². The van der Waals surface area contributed by atoms with E-state index in [9.17, 15) is 4.79 Å². The van der Waals surface area contributed by atoms with Crippen molar-refractivity contribution in [2.24, 2.45) is 5.92 Å². The zero-order valence-corrected chi connectivity index (χ0v) is 12.7. The predicted octanol–water partition coefficient (Wildman–Crippen LogP) is 5.27. The first kappa shape index (κ1) is 15.4. The molecule has 0 N–H and O–H groups in total. The Labute approximate surface area is 116 Å². The number of carbonyl (C=O) groups is 1. The van der Waals surface area contributed by atoms with E-state index in [2.05, 4.69) is 18.2 Å². The van der Waals surface area contributed by atoms with Crippen molar-refractivity contribution in [3.8, 4) is 0 Å². The minimum Gasteiger partial charge on any atom is -0.294 e. The summed E-state index contributed by atoms with van der Waals surface area (Å²) in [5.74, 6) is 0.465. The maximum atomic E-state index is 12.0. The van der Waals surface area contributed by atoms with Gasteiger partial charge in [-0.2, -0.15) is 0 Å². The molecule has 0 saturated carbocycles. The van der Waals surface area contributed by atoms with Gasteiger partial charge in [0.1, 0.15) is 0 Å². The normalized spacial score (nSPS) is 16.1. The van der Waals surface area contributed by atoms with E-state index in [1.54, 1.807) is 0 Å². The van der Waals surface area contributed by atoms with Crippen LogP contribution in [0.5, 0.6) is 0 Å². The fourth-order valence-electron chi connectivity index (χ4n) is 2.45. The molecule has 1 heteroatoms. The predicted molar refractivity (Wildman–Crippen MR) is 83.8 cm³/mol. The second kappa shape index (κ2) is 7.08. The van der Waals surface area contributed by atoms with E-state index in [0.29, 0.717) is 5.78 Å². The Kier molecular flexibility index (Phi) is 5.75. The lowest BCUT2D eigenvalue weighted by Crippen LogP contribution is -2.03. The number of hydrogen-bond acceptors (Lipinski definition) is 1. The quantitative estimate of drug-likeness (QED) is 0.627. The second-order valence-corrected chi connectivity index (χ2v) is 4.29. The summed E-state index contributed by atoms with van der Waals surface area (Å²) in [6.07, 6.45) is 0.902. The molecule has 0 heterocycles. The lowest BCUT2D eigenvalue weighted by Gasteiger charge is -2.03. The van der Waals surface area contributed by atoms with Crippen LogP contribution in [-0.2, 0) is 6.42 Å². The number of ketones is 1. The fraction of sp³-hybridized carbons (Fsp3) is 0.389. The van der Waals surface area contributed by atoms with Crippen LogP contribution in [0.1, 0.15) is 50.5 Å². The lowest BCUT2D eigenvalue weighted by atomic mass is 10.0. The third-order valence-corrected chi connectivity index (χ3v) is 3.24. The molecule has 1 atom stereocenters. The maximum Gasteiger partial charge on any atom is 0.166 e. The van der Waals surface area contributed by atoms with Crippen LogP contribution < -0.4 is 0 Å². The van der Waals surface area contributed by atoms with Gasteiger partial charge in [-0.05, 0) is 22.8 Å². The van der Waals surface area contributed by atoms with Crippen LogP contribution in [0.2, 0.25) is 0 Å². The van der Waals surface area contributed by atoms with Crippen molar-refractivity contribution in [3.63, 3.8) is 0 Å². The van der Waals surface area contributed by atoms with E-state index in [1.807, 2.05) is 52.8 Å². The van der Waals surface area contributed by atoms with E-state index in [0.717, 1.165) is 17.4 Å². The first-order chi connectivity index (χ1) is 9.27. The van der Waals surface area contributed by atoms with E-state index in [1.165, 1.54) is 10.9 Å². The van der Waals surface area contributed by atoms with Crippen LogP contribution in [0.15, 0.2) is 36.4 Å². The van der Waals surface area contributed by atoms with E-state index in [-0.39, 0.29) is 5.92 Å². The molecular weight excluding hydrogens is 232 g/mol. The molecule has 0 aromatic heterocycles. The third-order valence-electron chi connectivity index (χ3n) is 3.24. The van der Waals surface area contributed by atoms with Gasteiger partial charge in [-0.25, -0.2) is 0 Å². The lowest BCUT2D eigenvalue weighted by molar-refractivity contribution is 0.0947. The highest BCUT2D eigenvalue weighted by molar-refractivity contribution is 6.12. The van der Waals surface area contributed by atoms with Crippen LogP contribution in [0.25, 0.3) is 10.8 Å². The zero-order chi connectivity index (χ0) is 14.4. The van der Waals surface area contributed by atoms with Crippen LogP contribution in [-0.4, -0.2) is 5.78 Å². The molecule has 2 aromatic carbocycles. The largest absolute Gasteiger partial charge is 0.294 e. The topological polar surface area (TPSA) is 17.1 Å². The minimum absolute atomic E-state index is 0.158. The summed E-state index contributed by atoms with van der Waals surface area (Å²) >= 11 is 0. The molecule has 0 fully saturated rings. The molecule has 0 bridgehead atoms. The molecule has 0 radical (unpaired) electrons. The van der Waals surface area contributed by atoms with Crippen molar-refractivity contribution in [2.45, 2.75) is 41.0 Å². The van der Waals surface area contributed by atoms with Gasteiger partial charge < -0.3 is 0 Å². The van der Waals surface area contributed by atoms with Gasteiger partial charge in [0.2, 0.25) is 0 Å². The molecule has 0 saturated heterocycles. The fourth-order valence-corrected chi connectivity index (χ4v) is 2.45. The zero-order valence-electron chi connectivity index (χ0n) is 12.7. The van der Waals surface area contributed by atoms with Crippen LogP contribution in [0.4, 0.5) is 0 Å². The molecule has 1 nitrogen and oxygen atoms in total. The van der Waals surface area contributed by atoms with Crippen molar-refractivity contribution in [1.82, 2.24) is 0 Å². The van der Waals surface area contributed by atoms with Crippen LogP contribution in [0, 0.1) is 5.92 Å². The van der Waals surface area contributed by atoms with Crippen molar-refractivity contribution in [2.75, 3.05) is 0 Å². The summed E-state index contributed by atoms with van der Waals surface area (Å²) in [5.41, 5.74) is 2.17. The molecule has 3 rings (SSSR count). The number of hydrogen-bond donors (Lipinski definition) is 0. The Balaban J connectivity index is 0.000000415. The molecule has 0 amide bonds. The summed E-state index contributed by atoms with van der Waals surface area (Å²) in [6, 6.07) is 12.3. The van der Waals surface area contributed by atoms with Crippen LogP contribution in [0.3, 0.4) is 0 Å². The number of rotatable bonds is 0. The number of carbonyl (C=O) groups excluding carboxylic acids is 1. The van der Waals surface area contributed by atoms with Gasteiger partial charge in [-0.1, -0.05) is 71.0 Å². The highest BCUT2D eigenvalue weighted by Crippen LogP contribution is 2.32. The van der Waals surface area contributed by atoms with Gasteiger partial charge in [0, 0.05) is 11.5 Å². The van der Waals surface area contributed by atoms with Crippen molar-refractivity contribution in [1.29, 1.82) is 0 Å². The Morgan fingerprint density at radius 3 is 2.26 bits per heavy atom. The van der Waals surface area contributed by atoms with Gasteiger partial charge in [0.15, 0.2) is 5.78 Å². The Morgan fingerprint density at radius 2 is 1.58 bits per heavy atom. The average Bonchev–Trinajstić information content (AvgIpc) is 2.79. The number of benzene rings is 2. The highest BCUT2D eigenvalue weighted by Gasteiger charge is 2.28. The molecular formula is C18H24O. The maximum absolute atomic E-state index is 12.0. The summed E-state index contributed by atoms with van der Waals surface area (Å²) < 4.78 is 0. The molecule has 2 aromatic rings. The van der Waals surface area contributed by atoms with E-state index < -0.39 is 0 Å². The van der Waals surface area contributed by atoms with E-state index in [4.69, 9.17) is 0 Å². The van der Waals surface area contributed by atoms with Gasteiger partial charge in [0.05, 0.1) is 0 Å². The van der Waals surface area contributed by atoms with Gasteiger partial charge in [-0.3, -0.25) is 4.79 Å². The van der Waals surface area contributed by atoms with Crippen LogP contribution >= 0.6 is 0 Å². The molecule has 0 spiro atoms. The van der Waals surface area contributed by atoms with Crippen molar-refractivity contribution < 1.29 is 4.79 Å². The van der Waals surface area contributed by atoms with E-state index >= 15 is 0 Å². The highest BCUT2D eigenvalue weighted by atomic mass is 16.1.